The molecule has 9 heteroatoms. The molecule has 2 aromatic carbocycles. The number of benzene rings is 2. The van der Waals surface area contributed by atoms with E-state index in [1.165, 1.54) is 6.33 Å². The minimum absolute atomic E-state index is 0.325. The largest absolute Gasteiger partial charge is 0.492 e. The van der Waals surface area contributed by atoms with E-state index in [0.29, 0.717) is 50.9 Å². The van der Waals surface area contributed by atoms with Gasteiger partial charge >= 0.3 is 0 Å². The maximum Gasteiger partial charge on any atom is 0.255 e. The summed E-state index contributed by atoms with van der Waals surface area (Å²) in [6.07, 6.45) is 1.42. The number of halogens is 2. The van der Waals surface area contributed by atoms with E-state index in [0.717, 1.165) is 0 Å². The Balaban J connectivity index is 1.80. The highest BCUT2D eigenvalue weighted by Crippen LogP contribution is 2.41. The number of carbonyl (C=O) groups is 1. The van der Waals surface area contributed by atoms with Gasteiger partial charge in [-0.2, -0.15) is 10.1 Å². The molecule has 0 saturated heterocycles. The van der Waals surface area contributed by atoms with Crippen molar-refractivity contribution in [3.8, 4) is 5.75 Å². The number of anilines is 2. The number of para-hydroxylation sites is 2. The Bertz CT molecular complexity index is 1120. The van der Waals surface area contributed by atoms with Gasteiger partial charge in [-0.1, -0.05) is 41.4 Å². The molecule has 154 valence electrons. The van der Waals surface area contributed by atoms with Gasteiger partial charge in [-0.05, 0) is 38.1 Å². The second kappa shape index (κ2) is 8.38. The molecule has 1 aliphatic heterocycles. The summed E-state index contributed by atoms with van der Waals surface area (Å²) in [7, 11) is 0. The SMILES string of the molecule is CCOc1ccccc1NC(=O)C1=C(C)Nc2ncnn2C1c1c(Cl)cccc1Cl. The third-order valence-corrected chi connectivity index (χ3v) is 5.41. The molecule has 4 rings (SSSR count). The lowest BCUT2D eigenvalue weighted by Crippen LogP contribution is -2.32. The Kier molecular flexibility index (Phi) is 5.65. The summed E-state index contributed by atoms with van der Waals surface area (Å²) < 4.78 is 7.23. The smallest absolute Gasteiger partial charge is 0.255 e. The Morgan fingerprint density at radius 2 is 1.93 bits per heavy atom. The van der Waals surface area contributed by atoms with Crippen LogP contribution in [0, 0.1) is 0 Å². The van der Waals surface area contributed by atoms with E-state index in [2.05, 4.69) is 20.7 Å². The number of rotatable bonds is 5. The topological polar surface area (TPSA) is 81.1 Å². The molecule has 2 N–H and O–H groups in total. The number of aromatic nitrogens is 3. The van der Waals surface area contributed by atoms with Crippen molar-refractivity contribution in [2.24, 2.45) is 0 Å². The van der Waals surface area contributed by atoms with Gasteiger partial charge in [0.2, 0.25) is 5.95 Å². The van der Waals surface area contributed by atoms with Crippen LogP contribution in [0.5, 0.6) is 5.75 Å². The van der Waals surface area contributed by atoms with Crippen LogP contribution in [0.4, 0.5) is 11.6 Å². The lowest BCUT2D eigenvalue weighted by Gasteiger charge is -2.29. The minimum Gasteiger partial charge on any atom is -0.492 e. The summed E-state index contributed by atoms with van der Waals surface area (Å²) in [5, 5.41) is 11.2. The summed E-state index contributed by atoms with van der Waals surface area (Å²) in [6.45, 7) is 4.17. The second-order valence-corrected chi connectivity index (χ2v) is 7.43. The zero-order valence-electron chi connectivity index (χ0n) is 16.3. The van der Waals surface area contributed by atoms with Gasteiger partial charge in [0.15, 0.2) is 0 Å². The third-order valence-electron chi connectivity index (χ3n) is 4.75. The van der Waals surface area contributed by atoms with Crippen molar-refractivity contribution in [2.75, 3.05) is 17.2 Å². The number of ether oxygens (including phenoxy) is 1. The molecule has 30 heavy (non-hydrogen) atoms. The van der Waals surface area contributed by atoms with Crippen LogP contribution in [0.25, 0.3) is 0 Å². The van der Waals surface area contributed by atoms with Gasteiger partial charge in [-0.25, -0.2) is 4.68 Å². The molecule has 2 heterocycles. The van der Waals surface area contributed by atoms with Crippen molar-refractivity contribution in [3.63, 3.8) is 0 Å². The molecule has 0 saturated carbocycles. The molecule has 0 spiro atoms. The zero-order chi connectivity index (χ0) is 21.3. The molecule has 0 aliphatic carbocycles. The number of hydrogen-bond donors (Lipinski definition) is 2. The molecular formula is C21H19Cl2N5O2. The average molecular weight is 444 g/mol. The highest BCUT2D eigenvalue weighted by Gasteiger charge is 2.36. The Morgan fingerprint density at radius 3 is 2.67 bits per heavy atom. The highest BCUT2D eigenvalue weighted by atomic mass is 35.5. The fourth-order valence-electron chi connectivity index (χ4n) is 3.46. The number of hydrogen-bond acceptors (Lipinski definition) is 5. The molecule has 0 fully saturated rings. The van der Waals surface area contributed by atoms with Gasteiger partial charge in [-0.15, -0.1) is 0 Å². The Hall–Kier alpha value is -3.03. The van der Waals surface area contributed by atoms with E-state index in [1.54, 1.807) is 41.9 Å². The predicted octanol–water partition coefficient (Wildman–Crippen LogP) is 4.91. The van der Waals surface area contributed by atoms with E-state index in [9.17, 15) is 4.79 Å². The second-order valence-electron chi connectivity index (χ2n) is 6.61. The van der Waals surface area contributed by atoms with Gasteiger partial charge in [0.1, 0.15) is 18.1 Å². The van der Waals surface area contributed by atoms with E-state index >= 15 is 0 Å². The molecular weight excluding hydrogens is 425 g/mol. The number of fused-ring (bicyclic) bond motifs is 1. The number of amides is 1. The molecule has 0 bridgehead atoms. The fourth-order valence-corrected chi connectivity index (χ4v) is 4.07. The molecule has 1 aliphatic rings. The molecule has 1 amide bonds. The number of nitrogens with one attached hydrogen (secondary N) is 2. The van der Waals surface area contributed by atoms with Crippen molar-refractivity contribution in [3.05, 3.63) is 75.7 Å². The predicted molar refractivity (Wildman–Crippen MR) is 117 cm³/mol. The summed E-state index contributed by atoms with van der Waals surface area (Å²) in [5.74, 6) is 0.762. The summed E-state index contributed by atoms with van der Waals surface area (Å²) in [6, 6.07) is 11.8. The van der Waals surface area contributed by atoms with Crippen LogP contribution in [0.1, 0.15) is 25.5 Å². The maximum absolute atomic E-state index is 13.5. The van der Waals surface area contributed by atoms with Crippen molar-refractivity contribution in [2.45, 2.75) is 19.9 Å². The molecule has 1 aromatic heterocycles. The van der Waals surface area contributed by atoms with Gasteiger partial charge in [0.05, 0.1) is 17.9 Å². The summed E-state index contributed by atoms with van der Waals surface area (Å²) in [4.78, 5) is 17.7. The molecule has 3 aromatic rings. The maximum atomic E-state index is 13.5. The Morgan fingerprint density at radius 1 is 1.20 bits per heavy atom. The van der Waals surface area contributed by atoms with Crippen LogP contribution in [-0.4, -0.2) is 27.3 Å². The fraction of sp³-hybridized carbons (Fsp3) is 0.190. The number of carbonyl (C=O) groups excluding carboxylic acids is 1. The third kappa shape index (κ3) is 3.62. The van der Waals surface area contributed by atoms with Gasteiger partial charge in [-0.3, -0.25) is 4.79 Å². The van der Waals surface area contributed by atoms with E-state index < -0.39 is 6.04 Å². The minimum atomic E-state index is -0.649. The van der Waals surface area contributed by atoms with Crippen LogP contribution in [0.15, 0.2) is 60.1 Å². The van der Waals surface area contributed by atoms with Crippen molar-refractivity contribution in [1.82, 2.24) is 14.8 Å². The van der Waals surface area contributed by atoms with Crippen molar-refractivity contribution in [1.29, 1.82) is 0 Å². The molecule has 1 atom stereocenters. The van der Waals surface area contributed by atoms with E-state index in [1.807, 2.05) is 19.1 Å². The van der Waals surface area contributed by atoms with Gasteiger partial charge < -0.3 is 15.4 Å². The first-order chi connectivity index (χ1) is 14.5. The number of nitrogens with zero attached hydrogens (tertiary/aromatic N) is 3. The van der Waals surface area contributed by atoms with Crippen molar-refractivity contribution >= 4 is 40.7 Å². The van der Waals surface area contributed by atoms with Crippen molar-refractivity contribution < 1.29 is 9.53 Å². The Labute approximate surface area is 183 Å². The highest BCUT2D eigenvalue weighted by molar-refractivity contribution is 6.36. The van der Waals surface area contributed by atoms with Gasteiger partial charge in [0, 0.05) is 21.3 Å². The van der Waals surface area contributed by atoms with Crippen LogP contribution in [0.2, 0.25) is 10.0 Å². The van der Waals surface area contributed by atoms with Crippen LogP contribution >= 0.6 is 23.2 Å². The first kappa shape index (κ1) is 20.3. The number of allylic oxidation sites excluding steroid dienone is 1. The van der Waals surface area contributed by atoms with Crippen LogP contribution < -0.4 is 15.4 Å². The average Bonchev–Trinajstić information content (AvgIpc) is 3.17. The lowest BCUT2D eigenvalue weighted by molar-refractivity contribution is -0.113. The van der Waals surface area contributed by atoms with E-state index in [4.69, 9.17) is 27.9 Å². The van der Waals surface area contributed by atoms with Gasteiger partial charge in [0.25, 0.3) is 5.91 Å². The molecule has 7 nitrogen and oxygen atoms in total. The quantitative estimate of drug-likeness (QED) is 0.585. The van der Waals surface area contributed by atoms with Crippen LogP contribution in [0.3, 0.4) is 0 Å². The standard InChI is InChI=1S/C21H19Cl2N5O2/c1-3-30-16-10-5-4-9-15(16)27-20(29)17-12(2)26-21-24-11-25-28(21)19(17)18-13(22)7-6-8-14(18)23/h4-11,19H,3H2,1-2H3,(H,27,29)(H,24,25,26). The first-order valence-electron chi connectivity index (χ1n) is 9.35. The summed E-state index contributed by atoms with van der Waals surface area (Å²) >= 11 is 13.0. The van der Waals surface area contributed by atoms with Crippen LogP contribution in [-0.2, 0) is 4.79 Å². The molecule has 0 radical (unpaired) electrons. The lowest BCUT2D eigenvalue weighted by atomic mass is 9.94. The normalized spacial score (nSPS) is 15.4. The van der Waals surface area contributed by atoms with E-state index in [-0.39, 0.29) is 5.91 Å². The first-order valence-corrected chi connectivity index (χ1v) is 10.1. The molecule has 1 unspecified atom stereocenters. The monoisotopic (exact) mass is 443 g/mol. The summed E-state index contributed by atoms with van der Waals surface area (Å²) in [5.41, 5.74) is 2.20. The zero-order valence-corrected chi connectivity index (χ0v) is 17.8.